The van der Waals surface area contributed by atoms with Gasteiger partial charge in [-0.1, -0.05) is 12.1 Å². The lowest BCUT2D eigenvalue weighted by molar-refractivity contribution is -0.141. The number of nitrogens with one attached hydrogen (secondary N) is 1. The summed E-state index contributed by atoms with van der Waals surface area (Å²) in [5, 5.41) is 9.38. The van der Waals surface area contributed by atoms with Crippen LogP contribution in [0.2, 0.25) is 0 Å². The molecule has 3 aliphatic heterocycles. The van der Waals surface area contributed by atoms with E-state index >= 15 is 0 Å². The van der Waals surface area contributed by atoms with Gasteiger partial charge in [-0.2, -0.15) is 5.26 Å². The maximum Gasteiger partial charge on any atom is 0.242 e. The van der Waals surface area contributed by atoms with Crippen LogP contribution in [0, 0.1) is 17.2 Å². The number of carbonyl (C=O) groups excluding carboxylic acids is 2. The second-order valence-electron chi connectivity index (χ2n) is 9.86. The van der Waals surface area contributed by atoms with Crippen molar-refractivity contribution < 1.29 is 18.0 Å². The molecule has 7 atom stereocenters. The van der Waals surface area contributed by atoms with Gasteiger partial charge in [0.1, 0.15) is 6.04 Å². The van der Waals surface area contributed by atoms with Gasteiger partial charge in [0.25, 0.3) is 0 Å². The van der Waals surface area contributed by atoms with Crippen LogP contribution in [0.1, 0.15) is 37.8 Å². The number of sulfonamides is 1. The zero-order valence-corrected chi connectivity index (χ0v) is 20.1. The standard InChI is InChI=1S/C23H30N6O4S/c1-13(14-4-3-5-18(7-14)34(32,33)26-2)28-17-9-21(23(28)31)27(11-17)12-19(25)22(30)29-16(10-24)6-15-8-20(15)29/h3-5,7,13,15-17,19-21,26H,6,8-9,11-12,25H2,1-2H3/t13-,15+,16-,17?,19-,20-,21+/m0/s1. The number of piperidine rings is 1. The third-order valence-electron chi connectivity index (χ3n) is 7.91. The molecule has 2 bridgehead atoms. The number of rotatable bonds is 7. The van der Waals surface area contributed by atoms with E-state index < -0.39 is 22.1 Å². The van der Waals surface area contributed by atoms with Crippen LogP contribution in [0.25, 0.3) is 0 Å². The van der Waals surface area contributed by atoms with E-state index in [9.17, 15) is 23.3 Å². The molecular formula is C23H30N6O4S. The van der Waals surface area contributed by atoms with Crippen molar-refractivity contribution in [3.63, 3.8) is 0 Å². The Morgan fingerprint density at radius 3 is 2.76 bits per heavy atom. The lowest BCUT2D eigenvalue weighted by Crippen LogP contribution is -2.57. The van der Waals surface area contributed by atoms with Crippen LogP contribution < -0.4 is 10.5 Å². The lowest BCUT2D eigenvalue weighted by Gasteiger charge is -2.38. The number of hydrogen-bond donors (Lipinski definition) is 2. The van der Waals surface area contributed by atoms with Gasteiger partial charge in [-0.05, 0) is 56.8 Å². The van der Waals surface area contributed by atoms with Gasteiger partial charge in [0.05, 0.1) is 29.1 Å². The predicted molar refractivity (Wildman–Crippen MR) is 122 cm³/mol. The molecule has 4 fully saturated rings. The third kappa shape index (κ3) is 3.69. The van der Waals surface area contributed by atoms with Crippen molar-refractivity contribution in [3.8, 4) is 6.07 Å². The molecule has 182 valence electrons. The zero-order chi connectivity index (χ0) is 24.4. The number of carbonyl (C=O) groups is 2. The highest BCUT2D eigenvalue weighted by Crippen LogP contribution is 2.48. The molecule has 5 rings (SSSR count). The molecule has 3 heterocycles. The molecule has 1 unspecified atom stereocenters. The van der Waals surface area contributed by atoms with Gasteiger partial charge in [0.2, 0.25) is 21.8 Å². The summed E-state index contributed by atoms with van der Waals surface area (Å²) in [5.41, 5.74) is 7.03. The molecule has 3 N–H and O–H groups in total. The maximum absolute atomic E-state index is 13.3. The van der Waals surface area contributed by atoms with Crippen LogP contribution in [0.15, 0.2) is 29.2 Å². The Kier molecular flexibility index (Phi) is 5.67. The Hall–Kier alpha value is -2.52. The molecule has 0 spiro atoms. The van der Waals surface area contributed by atoms with E-state index in [-0.39, 0.29) is 47.4 Å². The molecule has 4 aliphatic rings. The lowest BCUT2D eigenvalue weighted by atomic mass is 10.1. The second kappa shape index (κ2) is 8.30. The maximum atomic E-state index is 13.3. The average molecular weight is 487 g/mol. The number of amides is 2. The first-order valence-corrected chi connectivity index (χ1v) is 13.2. The fourth-order valence-electron chi connectivity index (χ4n) is 6.03. The largest absolute Gasteiger partial charge is 0.330 e. The minimum atomic E-state index is -3.58. The van der Waals surface area contributed by atoms with Crippen molar-refractivity contribution >= 4 is 21.8 Å². The molecule has 1 aromatic rings. The van der Waals surface area contributed by atoms with Gasteiger partial charge in [-0.25, -0.2) is 13.1 Å². The van der Waals surface area contributed by atoms with Crippen molar-refractivity contribution in [1.82, 2.24) is 19.4 Å². The summed E-state index contributed by atoms with van der Waals surface area (Å²) in [4.78, 5) is 31.9. The Labute approximate surface area is 199 Å². The van der Waals surface area contributed by atoms with Crippen molar-refractivity contribution in [2.24, 2.45) is 11.7 Å². The van der Waals surface area contributed by atoms with Crippen LogP contribution in [0.5, 0.6) is 0 Å². The van der Waals surface area contributed by atoms with Crippen molar-refractivity contribution in [2.75, 3.05) is 20.1 Å². The quantitative estimate of drug-likeness (QED) is 0.543. The van der Waals surface area contributed by atoms with E-state index in [1.54, 1.807) is 17.0 Å². The first-order chi connectivity index (χ1) is 16.2. The Morgan fingerprint density at radius 1 is 1.32 bits per heavy atom. The van der Waals surface area contributed by atoms with E-state index in [0.29, 0.717) is 18.9 Å². The van der Waals surface area contributed by atoms with Crippen LogP contribution in [0.3, 0.4) is 0 Å². The smallest absolute Gasteiger partial charge is 0.242 e. The highest BCUT2D eigenvalue weighted by Gasteiger charge is 2.56. The number of hydrogen-bond acceptors (Lipinski definition) is 7. The molecule has 1 aromatic carbocycles. The molecule has 0 aromatic heterocycles. The fourth-order valence-corrected chi connectivity index (χ4v) is 6.81. The van der Waals surface area contributed by atoms with Crippen LogP contribution >= 0.6 is 0 Å². The van der Waals surface area contributed by atoms with Crippen molar-refractivity contribution in [3.05, 3.63) is 29.8 Å². The van der Waals surface area contributed by atoms with Crippen molar-refractivity contribution in [1.29, 1.82) is 5.26 Å². The Bertz CT molecular complexity index is 1170. The molecule has 3 saturated heterocycles. The molecule has 1 aliphatic carbocycles. The number of piperazine rings is 1. The van der Waals surface area contributed by atoms with Gasteiger partial charge in [-0.3, -0.25) is 14.5 Å². The predicted octanol–water partition coefficient (Wildman–Crippen LogP) is -0.219. The number of benzene rings is 1. The molecule has 10 nitrogen and oxygen atoms in total. The Balaban J connectivity index is 1.25. The fraction of sp³-hybridized carbons (Fsp3) is 0.609. The molecule has 1 saturated carbocycles. The molecule has 34 heavy (non-hydrogen) atoms. The van der Waals surface area contributed by atoms with E-state index in [2.05, 4.69) is 10.8 Å². The first kappa shape index (κ1) is 23.2. The summed E-state index contributed by atoms with van der Waals surface area (Å²) in [6.45, 7) is 2.81. The van der Waals surface area contributed by atoms with E-state index in [0.717, 1.165) is 18.4 Å². The molecule has 11 heteroatoms. The van der Waals surface area contributed by atoms with Crippen molar-refractivity contribution in [2.45, 2.75) is 67.3 Å². The van der Waals surface area contributed by atoms with Gasteiger partial charge in [-0.15, -0.1) is 0 Å². The normalized spacial score (nSPS) is 31.9. The minimum Gasteiger partial charge on any atom is -0.330 e. The van der Waals surface area contributed by atoms with E-state index in [1.165, 1.54) is 13.1 Å². The van der Waals surface area contributed by atoms with Gasteiger partial charge < -0.3 is 15.5 Å². The van der Waals surface area contributed by atoms with Crippen LogP contribution in [-0.2, 0) is 19.6 Å². The number of nitrogens with zero attached hydrogens (tertiary/aromatic N) is 4. The third-order valence-corrected chi connectivity index (χ3v) is 9.32. The number of nitriles is 1. The average Bonchev–Trinajstić information content (AvgIpc) is 3.15. The summed E-state index contributed by atoms with van der Waals surface area (Å²) in [7, 11) is -2.21. The first-order valence-electron chi connectivity index (χ1n) is 11.7. The van der Waals surface area contributed by atoms with E-state index in [4.69, 9.17) is 5.73 Å². The molecular weight excluding hydrogens is 456 g/mol. The molecule has 0 radical (unpaired) electrons. The topological polar surface area (TPSA) is 140 Å². The summed E-state index contributed by atoms with van der Waals surface area (Å²) in [5.74, 6) is 0.213. The van der Waals surface area contributed by atoms with Gasteiger partial charge in [0, 0.05) is 25.2 Å². The Morgan fingerprint density at radius 2 is 2.09 bits per heavy atom. The van der Waals surface area contributed by atoms with Gasteiger partial charge in [0.15, 0.2) is 0 Å². The molecule has 2 amide bonds. The zero-order valence-electron chi connectivity index (χ0n) is 19.3. The van der Waals surface area contributed by atoms with Crippen LogP contribution in [0.4, 0.5) is 0 Å². The highest BCUT2D eigenvalue weighted by atomic mass is 32.2. The summed E-state index contributed by atoms with van der Waals surface area (Å²) in [6.07, 6.45) is 2.34. The van der Waals surface area contributed by atoms with Gasteiger partial charge >= 0.3 is 0 Å². The summed E-state index contributed by atoms with van der Waals surface area (Å²) in [6, 6.07) is 7.23. The SMILES string of the molecule is CNS(=O)(=O)c1cccc([C@H](C)N2C(=O)[C@H]3CC2CN3C[C@H](N)C(=O)N2[C@H](C#N)C[C@@H]3C[C@@H]32)c1. The number of likely N-dealkylation sites (tertiary alicyclic amines) is 3. The van der Waals surface area contributed by atoms with Crippen LogP contribution in [-0.4, -0.2) is 85.3 Å². The monoisotopic (exact) mass is 486 g/mol. The summed E-state index contributed by atoms with van der Waals surface area (Å²) < 4.78 is 26.7. The minimum absolute atomic E-state index is 0.0224. The van der Waals surface area contributed by atoms with E-state index in [1.807, 2.05) is 22.8 Å². The highest BCUT2D eigenvalue weighted by molar-refractivity contribution is 7.89. The number of fused-ring (bicyclic) bond motifs is 3. The summed E-state index contributed by atoms with van der Waals surface area (Å²) >= 11 is 0. The number of nitrogens with two attached hydrogens (primary N) is 1. The second-order valence-corrected chi connectivity index (χ2v) is 11.7.